The van der Waals surface area contributed by atoms with Crippen LogP contribution in [-0.4, -0.2) is 25.3 Å². The number of aryl methyl sites for hydroxylation is 1. The Kier molecular flexibility index (Phi) is 3.42. The van der Waals surface area contributed by atoms with E-state index in [1.807, 2.05) is 35.7 Å². The number of amides is 1. The van der Waals surface area contributed by atoms with Gasteiger partial charge < -0.3 is 5.32 Å². The molecule has 116 valence electrons. The minimum atomic E-state index is -0.152. The van der Waals surface area contributed by atoms with Crippen molar-refractivity contribution < 1.29 is 4.79 Å². The molecule has 1 aliphatic carbocycles. The van der Waals surface area contributed by atoms with Crippen LogP contribution >= 0.6 is 11.5 Å². The maximum absolute atomic E-state index is 12.5. The van der Waals surface area contributed by atoms with Gasteiger partial charge in [-0.05, 0) is 42.6 Å². The van der Waals surface area contributed by atoms with Gasteiger partial charge in [-0.2, -0.15) is 5.10 Å². The lowest BCUT2D eigenvalue weighted by atomic mass is 10.1. The summed E-state index contributed by atoms with van der Waals surface area (Å²) >= 11 is 1.30. The summed E-state index contributed by atoms with van der Waals surface area (Å²) in [4.78, 5) is 12.5. The number of hydrogen-bond donors (Lipinski definition) is 1. The van der Waals surface area contributed by atoms with Gasteiger partial charge in [-0.15, -0.1) is 5.10 Å². The maximum Gasteiger partial charge on any atom is 0.273 e. The van der Waals surface area contributed by atoms with Crippen molar-refractivity contribution in [3.8, 4) is 11.3 Å². The normalized spacial score (nSPS) is 14.0. The molecule has 7 heteroatoms. The highest BCUT2D eigenvalue weighted by molar-refractivity contribution is 7.03. The Labute approximate surface area is 137 Å². The monoisotopic (exact) mass is 325 g/mol. The molecule has 0 unspecified atom stereocenters. The number of rotatable bonds is 4. The highest BCUT2D eigenvalue weighted by atomic mass is 32.1. The third-order valence-corrected chi connectivity index (χ3v) is 4.41. The molecule has 0 spiro atoms. The summed E-state index contributed by atoms with van der Waals surface area (Å²) in [6.07, 6.45) is 2.34. The fourth-order valence-corrected chi connectivity index (χ4v) is 2.99. The highest BCUT2D eigenvalue weighted by Gasteiger charge is 2.28. The lowest BCUT2D eigenvalue weighted by Crippen LogP contribution is -2.16. The largest absolute Gasteiger partial charge is 0.321 e. The van der Waals surface area contributed by atoms with Gasteiger partial charge in [-0.25, -0.2) is 0 Å². The van der Waals surface area contributed by atoms with E-state index in [0.29, 0.717) is 11.6 Å². The second kappa shape index (κ2) is 5.58. The third kappa shape index (κ3) is 2.87. The van der Waals surface area contributed by atoms with E-state index in [2.05, 4.69) is 20.0 Å². The zero-order valence-corrected chi connectivity index (χ0v) is 13.4. The zero-order valence-electron chi connectivity index (χ0n) is 12.6. The van der Waals surface area contributed by atoms with Crippen LogP contribution in [0.2, 0.25) is 0 Å². The third-order valence-electron chi connectivity index (χ3n) is 3.90. The van der Waals surface area contributed by atoms with Crippen LogP contribution in [0.25, 0.3) is 11.3 Å². The first-order valence-electron chi connectivity index (χ1n) is 7.43. The molecule has 0 aliphatic heterocycles. The van der Waals surface area contributed by atoms with Crippen molar-refractivity contribution in [3.63, 3.8) is 0 Å². The molecule has 0 saturated heterocycles. The molecular weight excluding hydrogens is 310 g/mol. The number of benzene rings is 1. The molecule has 3 aromatic rings. The van der Waals surface area contributed by atoms with Gasteiger partial charge in [-0.3, -0.25) is 9.48 Å². The van der Waals surface area contributed by atoms with E-state index in [1.54, 1.807) is 11.7 Å². The van der Waals surface area contributed by atoms with Crippen molar-refractivity contribution in [2.45, 2.75) is 18.8 Å². The molecule has 2 heterocycles. The van der Waals surface area contributed by atoms with Gasteiger partial charge in [0.15, 0.2) is 0 Å². The van der Waals surface area contributed by atoms with E-state index >= 15 is 0 Å². The van der Waals surface area contributed by atoms with Crippen LogP contribution in [-0.2, 0) is 7.05 Å². The topological polar surface area (TPSA) is 72.7 Å². The summed E-state index contributed by atoms with van der Waals surface area (Å²) in [7, 11) is 1.80. The van der Waals surface area contributed by atoms with E-state index in [9.17, 15) is 4.79 Å². The summed E-state index contributed by atoms with van der Waals surface area (Å²) < 4.78 is 5.52. The number of carbonyl (C=O) groups excluding carboxylic acids is 1. The zero-order chi connectivity index (χ0) is 15.8. The van der Waals surface area contributed by atoms with Crippen molar-refractivity contribution in [1.29, 1.82) is 0 Å². The Morgan fingerprint density at radius 1 is 1.35 bits per heavy atom. The van der Waals surface area contributed by atoms with Crippen LogP contribution < -0.4 is 5.32 Å². The summed E-state index contributed by atoms with van der Waals surface area (Å²) in [6, 6.07) is 9.48. The molecule has 0 bridgehead atoms. The van der Waals surface area contributed by atoms with Gasteiger partial charge >= 0.3 is 0 Å². The molecule has 2 aromatic heterocycles. The van der Waals surface area contributed by atoms with Crippen LogP contribution in [0.3, 0.4) is 0 Å². The SMILES string of the molecule is Cn1nc(C2CC2)cc1C(=O)Nc1cccc(-c2csnn2)c1. The molecule has 0 atom stereocenters. The quantitative estimate of drug-likeness (QED) is 0.800. The Balaban J connectivity index is 1.55. The Hall–Kier alpha value is -2.54. The average molecular weight is 325 g/mol. The number of anilines is 1. The highest BCUT2D eigenvalue weighted by Crippen LogP contribution is 2.39. The Bertz CT molecular complexity index is 851. The maximum atomic E-state index is 12.5. The van der Waals surface area contributed by atoms with Gasteiger partial charge in [0.2, 0.25) is 0 Å². The first-order valence-corrected chi connectivity index (χ1v) is 8.27. The van der Waals surface area contributed by atoms with Crippen molar-refractivity contribution in [1.82, 2.24) is 19.4 Å². The second-order valence-electron chi connectivity index (χ2n) is 5.68. The number of nitrogens with one attached hydrogen (secondary N) is 1. The number of aromatic nitrogens is 4. The lowest BCUT2D eigenvalue weighted by molar-refractivity contribution is 0.101. The number of hydrogen-bond acceptors (Lipinski definition) is 5. The standard InChI is InChI=1S/C16H15N5OS/c1-21-15(8-13(19-21)10-5-6-10)16(22)17-12-4-2-3-11(7-12)14-9-23-20-18-14/h2-4,7-10H,5-6H2,1H3,(H,17,22). The Morgan fingerprint density at radius 3 is 2.96 bits per heavy atom. The summed E-state index contributed by atoms with van der Waals surface area (Å²) in [5.41, 5.74) is 4.06. The van der Waals surface area contributed by atoms with E-state index in [0.717, 1.165) is 22.6 Å². The van der Waals surface area contributed by atoms with Crippen LogP contribution in [0.1, 0.15) is 34.9 Å². The molecule has 1 aromatic carbocycles. The molecule has 6 nitrogen and oxygen atoms in total. The van der Waals surface area contributed by atoms with Crippen molar-refractivity contribution in [2.75, 3.05) is 5.32 Å². The van der Waals surface area contributed by atoms with Gasteiger partial charge in [0.05, 0.1) is 5.69 Å². The average Bonchev–Trinajstić information content (AvgIpc) is 3.09. The fourth-order valence-electron chi connectivity index (χ4n) is 2.52. The van der Waals surface area contributed by atoms with Gasteiger partial charge in [0.25, 0.3) is 5.91 Å². The lowest BCUT2D eigenvalue weighted by Gasteiger charge is -2.06. The fraction of sp³-hybridized carbons (Fsp3) is 0.250. The van der Waals surface area contributed by atoms with E-state index in [4.69, 9.17) is 0 Å². The minimum absolute atomic E-state index is 0.152. The predicted molar refractivity (Wildman–Crippen MR) is 88.5 cm³/mol. The van der Waals surface area contributed by atoms with Crippen LogP contribution in [0.15, 0.2) is 35.7 Å². The van der Waals surface area contributed by atoms with Crippen LogP contribution in [0.4, 0.5) is 5.69 Å². The van der Waals surface area contributed by atoms with Gasteiger partial charge in [0, 0.05) is 29.6 Å². The predicted octanol–water partition coefficient (Wildman–Crippen LogP) is 3.07. The van der Waals surface area contributed by atoms with E-state index in [1.165, 1.54) is 24.4 Å². The van der Waals surface area contributed by atoms with E-state index < -0.39 is 0 Å². The molecular formula is C16H15N5OS. The van der Waals surface area contributed by atoms with Gasteiger partial charge in [-0.1, -0.05) is 16.6 Å². The second-order valence-corrected chi connectivity index (χ2v) is 6.29. The minimum Gasteiger partial charge on any atom is -0.321 e. The van der Waals surface area contributed by atoms with Crippen molar-refractivity contribution in [3.05, 3.63) is 47.1 Å². The van der Waals surface area contributed by atoms with Gasteiger partial charge in [0.1, 0.15) is 11.4 Å². The smallest absolute Gasteiger partial charge is 0.273 e. The molecule has 0 radical (unpaired) electrons. The van der Waals surface area contributed by atoms with Crippen LogP contribution in [0.5, 0.6) is 0 Å². The molecule has 1 saturated carbocycles. The molecule has 1 amide bonds. The number of carbonyl (C=O) groups is 1. The van der Waals surface area contributed by atoms with Crippen molar-refractivity contribution >= 4 is 23.1 Å². The van der Waals surface area contributed by atoms with E-state index in [-0.39, 0.29) is 5.91 Å². The summed E-state index contributed by atoms with van der Waals surface area (Å²) in [6.45, 7) is 0. The Morgan fingerprint density at radius 2 is 2.22 bits per heavy atom. The molecule has 1 fully saturated rings. The summed E-state index contributed by atoms with van der Waals surface area (Å²) in [5, 5.41) is 13.3. The summed E-state index contributed by atoms with van der Waals surface area (Å²) in [5.74, 6) is 0.378. The molecule has 23 heavy (non-hydrogen) atoms. The van der Waals surface area contributed by atoms with Crippen LogP contribution in [0, 0.1) is 0 Å². The molecule has 1 aliphatic rings. The molecule has 4 rings (SSSR count). The first-order chi connectivity index (χ1) is 11.2. The first kappa shape index (κ1) is 14.1. The number of nitrogens with zero attached hydrogens (tertiary/aromatic N) is 4. The van der Waals surface area contributed by atoms with Crippen molar-refractivity contribution in [2.24, 2.45) is 7.05 Å². The molecule has 1 N–H and O–H groups in total.